The lowest BCUT2D eigenvalue weighted by Gasteiger charge is -1.95. The van der Waals surface area contributed by atoms with Crippen molar-refractivity contribution in [2.75, 3.05) is 13.1 Å². The molecule has 0 aromatic heterocycles. The first kappa shape index (κ1) is 6.26. The van der Waals surface area contributed by atoms with Crippen LogP contribution >= 0.6 is 0 Å². The number of hydrogen-bond donors (Lipinski definition) is 1. The largest absolute Gasteiger partial charge is 0.351 e. The Hall–Kier alpha value is -0.860. The number of carbonyl (C=O) groups excluding carboxylic acids is 1. The number of aliphatic imine (C=N–C) groups is 1. The topological polar surface area (TPSA) is 41.5 Å². The first-order valence-electron chi connectivity index (χ1n) is 3.10. The lowest BCUT2D eigenvalue weighted by Crippen LogP contribution is -2.28. The summed E-state index contributed by atoms with van der Waals surface area (Å²) in [7, 11) is 0. The van der Waals surface area contributed by atoms with Gasteiger partial charge in [0.1, 0.15) is 0 Å². The van der Waals surface area contributed by atoms with Gasteiger partial charge >= 0.3 is 0 Å². The molecule has 0 fully saturated rings. The van der Waals surface area contributed by atoms with E-state index in [4.69, 9.17) is 0 Å². The quantitative estimate of drug-likeness (QED) is 0.486. The molecule has 0 radical (unpaired) electrons. The van der Waals surface area contributed by atoms with Crippen LogP contribution in [0.2, 0.25) is 0 Å². The number of hydrogen-bond acceptors (Lipinski definition) is 2. The van der Waals surface area contributed by atoms with Gasteiger partial charge in [0.25, 0.3) is 5.91 Å². The van der Waals surface area contributed by atoms with Gasteiger partial charge < -0.3 is 5.32 Å². The van der Waals surface area contributed by atoms with E-state index in [2.05, 4.69) is 10.3 Å². The Balaban J connectivity index is 2.61. The third-order valence-electron chi connectivity index (χ3n) is 1.30. The van der Waals surface area contributed by atoms with Gasteiger partial charge in [-0.25, -0.2) is 0 Å². The first-order valence-corrected chi connectivity index (χ1v) is 3.10. The zero-order valence-corrected chi connectivity index (χ0v) is 5.48. The molecule has 0 bridgehead atoms. The molecule has 1 rings (SSSR count). The van der Waals surface area contributed by atoms with Crippen LogP contribution in [0.15, 0.2) is 4.99 Å². The molecule has 0 saturated carbocycles. The van der Waals surface area contributed by atoms with Gasteiger partial charge in [0.15, 0.2) is 0 Å². The molecule has 0 aromatic carbocycles. The first-order chi connectivity index (χ1) is 4.30. The minimum Gasteiger partial charge on any atom is -0.351 e. The maximum absolute atomic E-state index is 10.8. The maximum Gasteiger partial charge on any atom is 0.264 e. The van der Waals surface area contributed by atoms with Crippen molar-refractivity contribution in [3.8, 4) is 0 Å². The van der Waals surface area contributed by atoms with Crippen LogP contribution in [0.25, 0.3) is 0 Å². The SMILES string of the molecule is CC1=NCCCNC1=O. The molecular weight excluding hydrogens is 116 g/mol. The fraction of sp³-hybridized carbons (Fsp3) is 0.667. The smallest absolute Gasteiger partial charge is 0.264 e. The van der Waals surface area contributed by atoms with Crippen LogP contribution in [0.3, 0.4) is 0 Å². The number of rotatable bonds is 0. The van der Waals surface area contributed by atoms with Gasteiger partial charge in [0.2, 0.25) is 0 Å². The van der Waals surface area contributed by atoms with E-state index in [0.717, 1.165) is 19.5 Å². The van der Waals surface area contributed by atoms with Crippen molar-refractivity contribution in [2.45, 2.75) is 13.3 Å². The second kappa shape index (κ2) is 2.62. The lowest BCUT2D eigenvalue weighted by molar-refractivity contribution is -0.114. The molecule has 0 unspecified atom stereocenters. The molecule has 1 aliphatic heterocycles. The molecule has 0 spiro atoms. The van der Waals surface area contributed by atoms with Crippen molar-refractivity contribution >= 4 is 11.6 Å². The highest BCUT2D eigenvalue weighted by Gasteiger charge is 2.06. The number of amides is 1. The van der Waals surface area contributed by atoms with E-state index in [1.165, 1.54) is 0 Å². The molecule has 0 aliphatic carbocycles. The summed E-state index contributed by atoms with van der Waals surface area (Å²) in [4.78, 5) is 14.8. The van der Waals surface area contributed by atoms with Gasteiger partial charge in [-0.05, 0) is 13.3 Å². The average Bonchev–Trinajstić information content (AvgIpc) is 1.99. The molecule has 1 heterocycles. The second-order valence-corrected chi connectivity index (χ2v) is 2.08. The van der Waals surface area contributed by atoms with Crippen LogP contribution in [0.5, 0.6) is 0 Å². The van der Waals surface area contributed by atoms with Gasteiger partial charge in [-0.15, -0.1) is 0 Å². The van der Waals surface area contributed by atoms with E-state index in [9.17, 15) is 4.79 Å². The molecule has 9 heavy (non-hydrogen) atoms. The van der Waals surface area contributed by atoms with E-state index in [-0.39, 0.29) is 5.91 Å². The Morgan fingerprint density at radius 3 is 3.22 bits per heavy atom. The van der Waals surface area contributed by atoms with Crippen molar-refractivity contribution in [1.29, 1.82) is 0 Å². The Kier molecular flexibility index (Phi) is 1.82. The Labute approximate surface area is 54.2 Å². The summed E-state index contributed by atoms with van der Waals surface area (Å²) >= 11 is 0. The van der Waals surface area contributed by atoms with Gasteiger partial charge in [-0.3, -0.25) is 9.79 Å². The highest BCUT2D eigenvalue weighted by molar-refractivity contribution is 6.38. The molecule has 1 amide bonds. The van der Waals surface area contributed by atoms with Crippen LogP contribution < -0.4 is 5.32 Å². The van der Waals surface area contributed by atoms with E-state index in [1.54, 1.807) is 6.92 Å². The van der Waals surface area contributed by atoms with E-state index >= 15 is 0 Å². The fourth-order valence-electron chi connectivity index (χ4n) is 0.727. The molecule has 3 nitrogen and oxygen atoms in total. The molecule has 1 aliphatic rings. The predicted octanol–water partition coefficient (Wildman–Crippen LogP) is -0.0328. The fourth-order valence-corrected chi connectivity index (χ4v) is 0.727. The summed E-state index contributed by atoms with van der Waals surface area (Å²) in [6, 6.07) is 0. The summed E-state index contributed by atoms with van der Waals surface area (Å²) < 4.78 is 0. The van der Waals surface area contributed by atoms with Crippen molar-refractivity contribution in [2.24, 2.45) is 4.99 Å². The van der Waals surface area contributed by atoms with Crippen molar-refractivity contribution in [3.05, 3.63) is 0 Å². The summed E-state index contributed by atoms with van der Waals surface area (Å²) in [6.45, 7) is 3.28. The van der Waals surface area contributed by atoms with E-state index < -0.39 is 0 Å². The standard InChI is InChI=1S/C6H10N2O/c1-5-6(9)8-4-2-3-7-5/h2-4H2,1H3,(H,8,9). The minimum atomic E-state index is -0.0208. The highest BCUT2D eigenvalue weighted by atomic mass is 16.1. The zero-order chi connectivity index (χ0) is 6.69. The summed E-state index contributed by atoms with van der Waals surface area (Å²) in [5.74, 6) is -0.0208. The molecule has 0 aromatic rings. The van der Waals surface area contributed by atoms with Crippen molar-refractivity contribution < 1.29 is 4.79 Å². The van der Waals surface area contributed by atoms with Gasteiger partial charge in [0.05, 0.1) is 5.71 Å². The van der Waals surface area contributed by atoms with Crippen LogP contribution in [-0.2, 0) is 4.79 Å². The van der Waals surface area contributed by atoms with Crippen molar-refractivity contribution in [3.63, 3.8) is 0 Å². The Morgan fingerprint density at radius 1 is 1.67 bits per heavy atom. The second-order valence-electron chi connectivity index (χ2n) is 2.08. The van der Waals surface area contributed by atoms with Gasteiger partial charge in [-0.1, -0.05) is 0 Å². The number of carbonyl (C=O) groups is 1. The predicted molar refractivity (Wildman–Crippen MR) is 35.6 cm³/mol. The van der Waals surface area contributed by atoms with Gasteiger partial charge in [-0.2, -0.15) is 0 Å². The van der Waals surface area contributed by atoms with Crippen LogP contribution in [0, 0.1) is 0 Å². The van der Waals surface area contributed by atoms with Crippen LogP contribution in [0.4, 0.5) is 0 Å². The number of nitrogens with one attached hydrogen (secondary N) is 1. The van der Waals surface area contributed by atoms with Crippen LogP contribution in [-0.4, -0.2) is 24.7 Å². The number of nitrogens with zero attached hydrogens (tertiary/aromatic N) is 1. The normalized spacial score (nSPS) is 20.1. The summed E-state index contributed by atoms with van der Waals surface area (Å²) in [6.07, 6.45) is 0.961. The average molecular weight is 126 g/mol. The maximum atomic E-state index is 10.8. The van der Waals surface area contributed by atoms with Crippen molar-refractivity contribution in [1.82, 2.24) is 5.32 Å². The van der Waals surface area contributed by atoms with Crippen LogP contribution in [0.1, 0.15) is 13.3 Å². The Morgan fingerprint density at radius 2 is 2.44 bits per heavy atom. The molecule has 3 heteroatoms. The summed E-state index contributed by atoms with van der Waals surface area (Å²) in [5.41, 5.74) is 0.604. The highest BCUT2D eigenvalue weighted by Crippen LogP contribution is 1.88. The third kappa shape index (κ3) is 1.52. The zero-order valence-electron chi connectivity index (χ0n) is 5.48. The molecule has 1 N–H and O–H groups in total. The van der Waals surface area contributed by atoms with E-state index in [0.29, 0.717) is 5.71 Å². The van der Waals surface area contributed by atoms with Gasteiger partial charge in [0, 0.05) is 13.1 Å². The lowest BCUT2D eigenvalue weighted by atomic mass is 10.4. The monoisotopic (exact) mass is 126 g/mol. The molecule has 50 valence electrons. The summed E-state index contributed by atoms with van der Waals surface area (Å²) in [5, 5.41) is 2.72. The molecule has 0 atom stereocenters. The van der Waals surface area contributed by atoms with E-state index in [1.807, 2.05) is 0 Å². The molecular formula is C6H10N2O. The third-order valence-corrected chi connectivity index (χ3v) is 1.30. The molecule has 0 saturated heterocycles. The Bertz CT molecular complexity index is 151. The minimum absolute atomic E-state index is 0.0208.